The Hall–Kier alpha value is -1.56. The van der Waals surface area contributed by atoms with Crippen LogP contribution in [0.1, 0.15) is 63.4 Å². The molecule has 0 bridgehead atoms. The van der Waals surface area contributed by atoms with Crippen molar-refractivity contribution < 1.29 is 9.53 Å². The van der Waals surface area contributed by atoms with E-state index in [0.29, 0.717) is 5.92 Å². The van der Waals surface area contributed by atoms with Gasteiger partial charge in [-0.2, -0.15) is 5.10 Å². The molecule has 2 unspecified atom stereocenters. The summed E-state index contributed by atoms with van der Waals surface area (Å²) in [4.78, 5) is 14.3. The van der Waals surface area contributed by atoms with Crippen molar-refractivity contribution in [2.45, 2.75) is 64.6 Å². The van der Waals surface area contributed by atoms with Gasteiger partial charge in [0.1, 0.15) is 11.8 Å². The lowest BCUT2D eigenvalue weighted by molar-refractivity contribution is 0.0147. The second kappa shape index (κ2) is 6.15. The monoisotopic (exact) mass is 320 g/mol. The first-order valence-corrected chi connectivity index (χ1v) is 8.61. The Balaban J connectivity index is 1.79. The molecule has 1 aromatic heterocycles. The number of amides is 1. The van der Waals surface area contributed by atoms with E-state index in [1.165, 1.54) is 11.3 Å². The number of aromatic nitrogens is 2. The third kappa shape index (κ3) is 3.37. The molecule has 2 atom stereocenters. The number of ether oxygens (including phenoxy) is 1. The Kier molecular flexibility index (Phi) is 4.36. The van der Waals surface area contributed by atoms with Gasteiger partial charge in [0.25, 0.3) is 0 Å². The van der Waals surface area contributed by atoms with Gasteiger partial charge in [0.2, 0.25) is 0 Å². The van der Waals surface area contributed by atoms with Crippen molar-refractivity contribution in [3.05, 3.63) is 17.5 Å². The largest absolute Gasteiger partial charge is 0.444 e. The molecule has 128 valence electrons. The normalized spacial score (nSPS) is 25.1. The van der Waals surface area contributed by atoms with E-state index in [2.05, 4.69) is 17.3 Å². The molecule has 1 amide bonds. The van der Waals surface area contributed by atoms with E-state index in [0.717, 1.165) is 38.9 Å². The summed E-state index contributed by atoms with van der Waals surface area (Å²) in [6.07, 6.45) is 4.81. The number of likely N-dealkylation sites (tertiary alicyclic amines) is 1. The number of rotatable bonds is 2. The fourth-order valence-corrected chi connectivity index (χ4v) is 3.60. The zero-order valence-electron chi connectivity index (χ0n) is 14.6. The summed E-state index contributed by atoms with van der Waals surface area (Å²) in [5.41, 5.74) is 2.02. The Morgan fingerprint density at radius 2 is 2.17 bits per heavy atom. The molecule has 1 aromatic rings. The third-order valence-corrected chi connectivity index (χ3v) is 4.71. The lowest BCUT2D eigenvalue weighted by atomic mass is 9.99. The second-order valence-electron chi connectivity index (χ2n) is 7.62. The molecule has 2 saturated heterocycles. The van der Waals surface area contributed by atoms with E-state index < -0.39 is 5.60 Å². The Labute approximate surface area is 138 Å². The smallest absolute Gasteiger partial charge is 0.411 e. The molecule has 3 heterocycles. The van der Waals surface area contributed by atoms with E-state index in [4.69, 9.17) is 4.74 Å². The van der Waals surface area contributed by atoms with Crippen LogP contribution < -0.4 is 5.32 Å². The average Bonchev–Trinajstić information content (AvgIpc) is 3.15. The maximum atomic E-state index is 12.5. The second-order valence-corrected chi connectivity index (χ2v) is 7.62. The Morgan fingerprint density at radius 3 is 2.83 bits per heavy atom. The van der Waals surface area contributed by atoms with Crippen molar-refractivity contribution in [2.75, 3.05) is 19.6 Å². The van der Waals surface area contributed by atoms with Gasteiger partial charge in [-0.25, -0.2) is 9.48 Å². The fourth-order valence-electron chi connectivity index (χ4n) is 3.60. The molecule has 1 N–H and O–H groups in total. The molecule has 0 radical (unpaired) electrons. The summed E-state index contributed by atoms with van der Waals surface area (Å²) in [5, 5.41) is 8.02. The summed E-state index contributed by atoms with van der Waals surface area (Å²) >= 11 is 0. The van der Waals surface area contributed by atoms with Crippen LogP contribution in [-0.4, -0.2) is 46.0 Å². The first-order chi connectivity index (χ1) is 10.9. The summed E-state index contributed by atoms with van der Waals surface area (Å²) in [5.74, 6) is 0.542. The van der Waals surface area contributed by atoms with E-state index in [1.54, 1.807) is 0 Å². The van der Waals surface area contributed by atoms with E-state index in [9.17, 15) is 4.79 Å². The predicted octanol–water partition coefficient (Wildman–Crippen LogP) is 2.80. The average molecular weight is 320 g/mol. The Morgan fingerprint density at radius 1 is 1.39 bits per heavy atom. The highest BCUT2D eigenvalue weighted by atomic mass is 16.6. The number of carbonyl (C=O) groups excluding carboxylic acids is 1. The van der Waals surface area contributed by atoms with Gasteiger partial charge < -0.3 is 10.1 Å². The fraction of sp³-hybridized carbons (Fsp3) is 0.765. The quantitative estimate of drug-likeness (QED) is 0.910. The van der Waals surface area contributed by atoms with Gasteiger partial charge in [-0.3, -0.25) is 4.90 Å². The van der Waals surface area contributed by atoms with Crippen LogP contribution in [-0.2, 0) is 4.74 Å². The molecule has 6 nitrogen and oxygen atoms in total. The van der Waals surface area contributed by atoms with Crippen molar-refractivity contribution in [2.24, 2.45) is 0 Å². The molecular formula is C17H28N4O2. The molecule has 0 aromatic carbocycles. The SMILES string of the molecule is Cc1c(C2CCNC2)cnn1C1CCCN1C(=O)OC(C)(C)C. The minimum atomic E-state index is -0.468. The molecule has 6 heteroatoms. The van der Waals surface area contributed by atoms with Gasteiger partial charge in [0, 0.05) is 24.7 Å². The molecule has 0 saturated carbocycles. The summed E-state index contributed by atoms with van der Waals surface area (Å²) in [7, 11) is 0. The van der Waals surface area contributed by atoms with Crippen molar-refractivity contribution >= 4 is 6.09 Å². The minimum Gasteiger partial charge on any atom is -0.444 e. The van der Waals surface area contributed by atoms with Crippen LogP contribution in [0.4, 0.5) is 4.79 Å². The molecular weight excluding hydrogens is 292 g/mol. The summed E-state index contributed by atoms with van der Waals surface area (Å²) in [6, 6.07) is 0. The van der Waals surface area contributed by atoms with Crippen molar-refractivity contribution in [3.8, 4) is 0 Å². The molecule has 2 aliphatic rings. The van der Waals surface area contributed by atoms with Crippen LogP contribution in [0, 0.1) is 6.92 Å². The first-order valence-electron chi connectivity index (χ1n) is 8.61. The number of hydrogen-bond donors (Lipinski definition) is 1. The number of nitrogens with one attached hydrogen (secondary N) is 1. The molecule has 3 rings (SSSR count). The van der Waals surface area contributed by atoms with Crippen LogP contribution in [0.2, 0.25) is 0 Å². The van der Waals surface area contributed by atoms with Gasteiger partial charge in [-0.05, 0) is 59.1 Å². The summed E-state index contributed by atoms with van der Waals surface area (Å²) < 4.78 is 7.57. The van der Waals surface area contributed by atoms with Crippen LogP contribution in [0.15, 0.2) is 6.20 Å². The van der Waals surface area contributed by atoms with Crippen LogP contribution in [0.3, 0.4) is 0 Å². The number of hydrogen-bond acceptors (Lipinski definition) is 4. The van der Waals surface area contributed by atoms with Crippen LogP contribution in [0.5, 0.6) is 0 Å². The topological polar surface area (TPSA) is 59.4 Å². The van der Waals surface area contributed by atoms with Crippen molar-refractivity contribution in [1.29, 1.82) is 0 Å². The van der Waals surface area contributed by atoms with Crippen LogP contribution >= 0.6 is 0 Å². The molecule has 2 aliphatic heterocycles. The number of nitrogens with zero attached hydrogens (tertiary/aromatic N) is 3. The predicted molar refractivity (Wildman–Crippen MR) is 88.4 cm³/mol. The molecule has 23 heavy (non-hydrogen) atoms. The third-order valence-electron chi connectivity index (χ3n) is 4.71. The Bertz CT molecular complexity index is 570. The lowest BCUT2D eigenvalue weighted by Crippen LogP contribution is -2.38. The van der Waals surface area contributed by atoms with Gasteiger partial charge >= 0.3 is 6.09 Å². The van der Waals surface area contributed by atoms with Crippen LogP contribution in [0.25, 0.3) is 0 Å². The lowest BCUT2D eigenvalue weighted by Gasteiger charge is -2.29. The summed E-state index contributed by atoms with van der Waals surface area (Å²) in [6.45, 7) is 10.7. The van der Waals surface area contributed by atoms with Gasteiger partial charge in [0.15, 0.2) is 0 Å². The standard InChI is InChI=1S/C17H28N4O2/c1-12-14(13-7-8-18-10-13)11-19-21(12)15-6-5-9-20(15)16(22)23-17(2,3)4/h11,13,15,18H,5-10H2,1-4H3. The van der Waals surface area contributed by atoms with Gasteiger partial charge in [-0.15, -0.1) is 0 Å². The number of carbonyl (C=O) groups is 1. The molecule has 2 fully saturated rings. The van der Waals surface area contributed by atoms with Crippen molar-refractivity contribution in [3.63, 3.8) is 0 Å². The van der Waals surface area contributed by atoms with Gasteiger partial charge in [-0.1, -0.05) is 0 Å². The van der Waals surface area contributed by atoms with E-state index >= 15 is 0 Å². The zero-order valence-corrected chi connectivity index (χ0v) is 14.6. The highest BCUT2D eigenvalue weighted by Crippen LogP contribution is 2.32. The highest BCUT2D eigenvalue weighted by molar-refractivity contribution is 5.68. The van der Waals surface area contributed by atoms with E-state index in [-0.39, 0.29) is 12.3 Å². The maximum Gasteiger partial charge on any atom is 0.411 e. The molecule has 0 spiro atoms. The minimum absolute atomic E-state index is 0.0204. The zero-order chi connectivity index (χ0) is 16.6. The molecule has 0 aliphatic carbocycles. The van der Waals surface area contributed by atoms with E-state index in [1.807, 2.05) is 36.5 Å². The van der Waals surface area contributed by atoms with Gasteiger partial charge in [0.05, 0.1) is 6.20 Å². The highest BCUT2D eigenvalue weighted by Gasteiger charge is 2.35. The van der Waals surface area contributed by atoms with Crippen molar-refractivity contribution in [1.82, 2.24) is 20.0 Å². The first kappa shape index (κ1) is 16.3. The maximum absolute atomic E-state index is 12.5.